The SMILES string of the molecule is Cc1noc2nc3c(c(C(=O)N4Cc5[nH]cnc5CC4C(=O)O)c12)CCC3. The van der Waals surface area contributed by atoms with Crippen LogP contribution in [0.15, 0.2) is 10.9 Å². The molecule has 0 spiro atoms. The number of amides is 1. The number of aromatic nitrogens is 4. The number of hydrogen-bond donors (Lipinski definition) is 2. The fourth-order valence-electron chi connectivity index (χ4n) is 4.17. The normalized spacial score (nSPS) is 18.6. The number of H-pyrrole nitrogens is 1. The molecule has 0 saturated heterocycles. The lowest BCUT2D eigenvalue weighted by atomic mass is 9.97. The summed E-state index contributed by atoms with van der Waals surface area (Å²) in [5.41, 5.74) is 4.60. The lowest BCUT2D eigenvalue weighted by molar-refractivity contribution is -0.142. The number of fused-ring (bicyclic) bond motifs is 3. The Balaban J connectivity index is 1.68. The molecule has 9 heteroatoms. The highest BCUT2D eigenvalue weighted by Gasteiger charge is 2.39. The zero-order valence-electron chi connectivity index (χ0n) is 14.7. The molecule has 5 rings (SSSR count). The molecule has 0 fully saturated rings. The molecular weight excluding hydrogens is 350 g/mol. The summed E-state index contributed by atoms with van der Waals surface area (Å²) in [7, 11) is 0. The Morgan fingerprint density at radius 1 is 1.33 bits per heavy atom. The van der Waals surface area contributed by atoms with Gasteiger partial charge in [0.25, 0.3) is 11.6 Å². The van der Waals surface area contributed by atoms with Crippen LogP contribution in [0.25, 0.3) is 11.1 Å². The Bertz CT molecular complexity index is 1100. The molecule has 0 aromatic carbocycles. The van der Waals surface area contributed by atoms with Gasteiger partial charge in [0.2, 0.25) is 0 Å². The van der Waals surface area contributed by atoms with Crippen molar-refractivity contribution in [2.24, 2.45) is 0 Å². The van der Waals surface area contributed by atoms with E-state index in [1.54, 1.807) is 6.92 Å². The zero-order valence-corrected chi connectivity index (χ0v) is 14.7. The van der Waals surface area contributed by atoms with E-state index in [0.29, 0.717) is 28.1 Å². The van der Waals surface area contributed by atoms with Gasteiger partial charge in [0, 0.05) is 12.1 Å². The number of rotatable bonds is 2. The highest BCUT2D eigenvalue weighted by Crippen LogP contribution is 2.34. The summed E-state index contributed by atoms with van der Waals surface area (Å²) in [6.07, 6.45) is 4.14. The predicted octanol–water partition coefficient (Wildman–Crippen LogP) is 1.39. The van der Waals surface area contributed by atoms with E-state index >= 15 is 0 Å². The largest absolute Gasteiger partial charge is 0.480 e. The number of carboxylic acid groups (broad SMARTS) is 1. The number of aliphatic carboxylic acids is 1. The van der Waals surface area contributed by atoms with E-state index in [4.69, 9.17) is 4.52 Å². The average molecular weight is 367 g/mol. The van der Waals surface area contributed by atoms with E-state index < -0.39 is 12.0 Å². The van der Waals surface area contributed by atoms with E-state index in [1.165, 1.54) is 11.2 Å². The molecule has 138 valence electrons. The number of pyridine rings is 1. The molecule has 1 unspecified atom stereocenters. The quantitative estimate of drug-likeness (QED) is 0.701. The smallest absolute Gasteiger partial charge is 0.326 e. The van der Waals surface area contributed by atoms with Gasteiger partial charge >= 0.3 is 5.97 Å². The highest BCUT2D eigenvalue weighted by atomic mass is 16.5. The molecule has 27 heavy (non-hydrogen) atoms. The maximum Gasteiger partial charge on any atom is 0.326 e. The van der Waals surface area contributed by atoms with Gasteiger partial charge in [-0.05, 0) is 31.7 Å². The highest BCUT2D eigenvalue weighted by molar-refractivity contribution is 6.08. The van der Waals surface area contributed by atoms with Crippen molar-refractivity contribution < 1.29 is 19.2 Å². The van der Waals surface area contributed by atoms with Crippen molar-refractivity contribution in [3.05, 3.63) is 40.2 Å². The van der Waals surface area contributed by atoms with Gasteiger partial charge < -0.3 is 19.5 Å². The van der Waals surface area contributed by atoms with Crippen LogP contribution in [0.1, 0.15) is 45.1 Å². The molecule has 2 aliphatic rings. The summed E-state index contributed by atoms with van der Waals surface area (Å²) in [5.74, 6) is -1.36. The van der Waals surface area contributed by atoms with Crippen molar-refractivity contribution in [3.8, 4) is 0 Å². The molecule has 1 amide bonds. The number of carbonyl (C=O) groups is 2. The van der Waals surface area contributed by atoms with Crippen LogP contribution in [0.5, 0.6) is 0 Å². The molecule has 3 aromatic rings. The van der Waals surface area contributed by atoms with Gasteiger partial charge in [0.15, 0.2) is 0 Å². The van der Waals surface area contributed by atoms with Crippen molar-refractivity contribution in [1.29, 1.82) is 0 Å². The molecule has 0 bridgehead atoms. The van der Waals surface area contributed by atoms with Crippen molar-refractivity contribution in [2.45, 2.75) is 45.2 Å². The number of carboxylic acids is 1. The Morgan fingerprint density at radius 2 is 2.19 bits per heavy atom. The summed E-state index contributed by atoms with van der Waals surface area (Å²) in [6, 6.07) is -0.964. The van der Waals surface area contributed by atoms with Crippen molar-refractivity contribution in [2.75, 3.05) is 0 Å². The van der Waals surface area contributed by atoms with Gasteiger partial charge in [-0.25, -0.2) is 14.8 Å². The third-order valence-corrected chi connectivity index (χ3v) is 5.48. The first-order valence-corrected chi connectivity index (χ1v) is 8.87. The van der Waals surface area contributed by atoms with Gasteiger partial charge in [0.05, 0.1) is 40.9 Å². The fraction of sp³-hybridized carbons (Fsp3) is 0.389. The second kappa shape index (κ2) is 5.63. The monoisotopic (exact) mass is 367 g/mol. The van der Waals surface area contributed by atoms with Crippen LogP contribution in [0.2, 0.25) is 0 Å². The number of hydrogen-bond acceptors (Lipinski definition) is 6. The second-order valence-corrected chi connectivity index (χ2v) is 7.03. The number of nitrogens with one attached hydrogen (secondary N) is 1. The summed E-state index contributed by atoms with van der Waals surface area (Å²) < 4.78 is 5.31. The first kappa shape index (κ1) is 16.0. The zero-order chi connectivity index (χ0) is 18.7. The Morgan fingerprint density at radius 3 is 3.00 bits per heavy atom. The molecule has 0 radical (unpaired) electrons. The first-order valence-electron chi connectivity index (χ1n) is 8.87. The van der Waals surface area contributed by atoms with E-state index in [2.05, 4.69) is 20.1 Å². The van der Waals surface area contributed by atoms with Crippen LogP contribution in [-0.2, 0) is 30.6 Å². The third kappa shape index (κ3) is 2.27. The van der Waals surface area contributed by atoms with E-state index in [0.717, 1.165) is 36.2 Å². The molecule has 3 aromatic heterocycles. The predicted molar refractivity (Wildman–Crippen MR) is 92.2 cm³/mol. The lowest BCUT2D eigenvalue weighted by Gasteiger charge is -2.33. The molecule has 4 heterocycles. The molecule has 1 aliphatic heterocycles. The molecule has 1 aliphatic carbocycles. The van der Waals surface area contributed by atoms with Crippen LogP contribution in [0, 0.1) is 6.92 Å². The number of aryl methyl sites for hydroxylation is 2. The van der Waals surface area contributed by atoms with Crippen molar-refractivity contribution in [1.82, 2.24) is 25.0 Å². The van der Waals surface area contributed by atoms with Crippen LogP contribution < -0.4 is 0 Å². The topological polar surface area (TPSA) is 125 Å². The number of imidazole rings is 1. The first-order chi connectivity index (χ1) is 13.0. The maximum absolute atomic E-state index is 13.6. The van der Waals surface area contributed by atoms with E-state index in [1.807, 2.05) is 0 Å². The van der Waals surface area contributed by atoms with Gasteiger partial charge in [-0.3, -0.25) is 4.79 Å². The molecule has 2 N–H and O–H groups in total. The van der Waals surface area contributed by atoms with E-state index in [9.17, 15) is 14.7 Å². The van der Waals surface area contributed by atoms with Crippen LogP contribution in [-0.4, -0.2) is 48.0 Å². The minimum atomic E-state index is -1.04. The standard InChI is InChI=1S/C18H17N5O4/c1-8-14-15(9-3-2-4-10(9)21-16(14)27-22-8)17(24)23-6-12-11(19-7-20-12)5-13(23)18(25)26/h7,13H,2-6H2,1H3,(H,19,20)(H,25,26). The van der Waals surface area contributed by atoms with Gasteiger partial charge in [-0.2, -0.15) is 0 Å². The summed E-state index contributed by atoms with van der Waals surface area (Å²) in [4.78, 5) is 38.6. The van der Waals surface area contributed by atoms with Crippen LogP contribution >= 0.6 is 0 Å². The van der Waals surface area contributed by atoms with Gasteiger partial charge in [0.1, 0.15) is 6.04 Å². The number of aromatic amines is 1. The number of carbonyl (C=O) groups excluding carboxylic acids is 1. The van der Waals surface area contributed by atoms with Gasteiger partial charge in [-0.1, -0.05) is 5.16 Å². The van der Waals surface area contributed by atoms with E-state index in [-0.39, 0.29) is 18.9 Å². The molecular formula is C18H17N5O4. The molecule has 0 saturated carbocycles. The van der Waals surface area contributed by atoms with Crippen LogP contribution in [0.4, 0.5) is 0 Å². The maximum atomic E-state index is 13.6. The van der Waals surface area contributed by atoms with Crippen molar-refractivity contribution >= 4 is 23.0 Å². The summed E-state index contributed by atoms with van der Waals surface area (Å²) in [5, 5.41) is 14.3. The summed E-state index contributed by atoms with van der Waals surface area (Å²) in [6.45, 7) is 1.94. The Labute approximate surface area is 153 Å². The minimum Gasteiger partial charge on any atom is -0.480 e. The lowest BCUT2D eigenvalue weighted by Crippen LogP contribution is -2.49. The summed E-state index contributed by atoms with van der Waals surface area (Å²) >= 11 is 0. The molecule has 9 nitrogen and oxygen atoms in total. The number of nitrogens with zero attached hydrogens (tertiary/aromatic N) is 4. The van der Waals surface area contributed by atoms with Crippen molar-refractivity contribution in [3.63, 3.8) is 0 Å². The Kier molecular flexibility index (Phi) is 3.33. The fourth-order valence-corrected chi connectivity index (χ4v) is 4.17. The third-order valence-electron chi connectivity index (χ3n) is 5.48. The Hall–Kier alpha value is -3.23. The van der Waals surface area contributed by atoms with Crippen LogP contribution in [0.3, 0.4) is 0 Å². The minimum absolute atomic E-state index is 0.175. The van der Waals surface area contributed by atoms with Gasteiger partial charge in [-0.15, -0.1) is 0 Å². The second-order valence-electron chi connectivity index (χ2n) is 7.03. The average Bonchev–Trinajstić information content (AvgIpc) is 3.37. The molecule has 1 atom stereocenters.